The second-order valence-electron chi connectivity index (χ2n) is 8.14. The summed E-state index contributed by atoms with van der Waals surface area (Å²) < 4.78 is 9.86. The number of hydrogen-bond acceptors (Lipinski definition) is 5. The zero-order valence-corrected chi connectivity index (χ0v) is 17.6. The zero-order chi connectivity index (χ0) is 20.8. The van der Waals surface area contributed by atoms with Crippen LogP contribution in [-0.4, -0.2) is 61.3 Å². The van der Waals surface area contributed by atoms with Gasteiger partial charge in [-0.3, -0.25) is 4.90 Å². The van der Waals surface area contributed by atoms with Crippen LogP contribution in [0.4, 0.5) is 9.59 Å². The van der Waals surface area contributed by atoms with Crippen LogP contribution in [0.1, 0.15) is 43.7 Å². The average molecular weight is 404 g/mol. The summed E-state index contributed by atoms with van der Waals surface area (Å²) in [6.07, 6.45) is 4.67. The maximum Gasteiger partial charge on any atom is 0.418 e. The number of nitrogens with zero attached hydrogens (tertiary/aromatic N) is 2. The summed E-state index contributed by atoms with van der Waals surface area (Å²) in [7, 11) is 1.72. The Balaban J connectivity index is 1.55. The van der Waals surface area contributed by atoms with Crippen LogP contribution in [0.5, 0.6) is 5.75 Å². The van der Waals surface area contributed by atoms with Crippen molar-refractivity contribution in [2.24, 2.45) is 11.7 Å². The summed E-state index contributed by atoms with van der Waals surface area (Å²) in [6.45, 7) is 5.62. The Morgan fingerprint density at radius 1 is 1.21 bits per heavy atom. The van der Waals surface area contributed by atoms with Crippen LogP contribution in [0, 0.1) is 5.92 Å². The van der Waals surface area contributed by atoms with Gasteiger partial charge in [0.25, 0.3) is 0 Å². The van der Waals surface area contributed by atoms with Crippen LogP contribution in [0.2, 0.25) is 0 Å². The first-order valence-corrected chi connectivity index (χ1v) is 10.7. The van der Waals surface area contributed by atoms with Gasteiger partial charge in [-0.15, -0.1) is 0 Å². The van der Waals surface area contributed by atoms with Gasteiger partial charge in [-0.2, -0.15) is 0 Å². The maximum absolute atomic E-state index is 11.8. The third-order valence-electron chi connectivity index (χ3n) is 6.20. The third-order valence-corrected chi connectivity index (χ3v) is 6.20. The van der Waals surface area contributed by atoms with E-state index in [1.807, 2.05) is 0 Å². The highest BCUT2D eigenvalue weighted by molar-refractivity contribution is 5.82. The highest BCUT2D eigenvalue weighted by Crippen LogP contribution is 2.29. The smallest absolute Gasteiger partial charge is 0.418 e. The molecule has 29 heavy (non-hydrogen) atoms. The number of carbonyl (C=O) groups excluding carboxylic acids is 2. The first kappa shape index (κ1) is 21.4. The summed E-state index contributed by atoms with van der Waals surface area (Å²) in [4.78, 5) is 26.8. The van der Waals surface area contributed by atoms with E-state index in [1.54, 1.807) is 12.0 Å². The fourth-order valence-electron chi connectivity index (χ4n) is 4.64. The summed E-state index contributed by atoms with van der Waals surface area (Å²) in [6, 6.07) is 7.02. The monoisotopic (exact) mass is 403 g/mol. The zero-order valence-electron chi connectivity index (χ0n) is 17.6. The normalized spacial score (nSPS) is 19.7. The molecule has 1 unspecified atom stereocenters. The molecule has 3 rings (SSSR count). The molecule has 160 valence electrons. The summed E-state index contributed by atoms with van der Waals surface area (Å²) in [5.41, 5.74) is 7.79. The van der Waals surface area contributed by atoms with Gasteiger partial charge in [0, 0.05) is 25.7 Å². The molecule has 7 nitrogen and oxygen atoms in total. The van der Waals surface area contributed by atoms with Gasteiger partial charge in [-0.1, -0.05) is 13.0 Å². The van der Waals surface area contributed by atoms with Crippen molar-refractivity contribution in [3.63, 3.8) is 0 Å². The minimum absolute atomic E-state index is 0.552. The molecule has 7 heteroatoms. The quantitative estimate of drug-likeness (QED) is 0.738. The number of likely N-dealkylation sites (tertiary alicyclic amines) is 1. The fourth-order valence-corrected chi connectivity index (χ4v) is 4.64. The minimum Gasteiger partial charge on any atom is -0.497 e. The molecule has 1 atom stereocenters. The summed E-state index contributed by atoms with van der Waals surface area (Å²) in [5, 5.41) is 0. The summed E-state index contributed by atoms with van der Waals surface area (Å²) in [5.74, 6) is 1.49. The van der Waals surface area contributed by atoms with Crippen LogP contribution < -0.4 is 10.5 Å². The molecule has 1 aromatic rings. The lowest BCUT2D eigenvalue weighted by Crippen LogP contribution is -2.46. The van der Waals surface area contributed by atoms with Crippen molar-refractivity contribution in [3.8, 4) is 5.75 Å². The minimum atomic E-state index is -1.04. The first-order chi connectivity index (χ1) is 14.0. The van der Waals surface area contributed by atoms with E-state index in [4.69, 9.17) is 10.5 Å². The number of aryl methyl sites for hydroxylation is 1. The van der Waals surface area contributed by atoms with E-state index >= 15 is 0 Å². The number of rotatable bonds is 6. The van der Waals surface area contributed by atoms with E-state index in [0.29, 0.717) is 25.0 Å². The van der Waals surface area contributed by atoms with Gasteiger partial charge in [0.05, 0.1) is 7.11 Å². The fraction of sp³-hybridized carbons (Fsp3) is 0.636. The second-order valence-corrected chi connectivity index (χ2v) is 8.14. The van der Waals surface area contributed by atoms with E-state index in [9.17, 15) is 9.59 Å². The molecule has 1 aliphatic carbocycles. The Morgan fingerprint density at radius 2 is 1.97 bits per heavy atom. The van der Waals surface area contributed by atoms with Crippen molar-refractivity contribution in [3.05, 3.63) is 29.3 Å². The number of nitrogens with two attached hydrogens (primary N) is 1. The number of benzene rings is 1. The van der Waals surface area contributed by atoms with E-state index in [0.717, 1.165) is 50.9 Å². The largest absolute Gasteiger partial charge is 0.497 e. The van der Waals surface area contributed by atoms with Gasteiger partial charge in [0.1, 0.15) is 5.75 Å². The average Bonchev–Trinajstić information content (AvgIpc) is 2.72. The molecule has 1 saturated heterocycles. The highest BCUT2D eigenvalue weighted by atomic mass is 16.6. The molecule has 0 radical (unpaired) electrons. The molecule has 0 bridgehead atoms. The van der Waals surface area contributed by atoms with E-state index < -0.39 is 12.2 Å². The number of amides is 2. The molecular weight excluding hydrogens is 370 g/mol. The van der Waals surface area contributed by atoms with Crippen LogP contribution in [0.3, 0.4) is 0 Å². The number of hydrogen-bond donors (Lipinski definition) is 1. The maximum atomic E-state index is 11.8. The number of carbonyl (C=O) groups is 2. The molecule has 1 heterocycles. The molecule has 1 aromatic carbocycles. The van der Waals surface area contributed by atoms with Crippen molar-refractivity contribution in [2.45, 2.75) is 51.5 Å². The molecule has 2 amide bonds. The van der Waals surface area contributed by atoms with Crippen LogP contribution in [-0.2, 0) is 17.6 Å². The number of fused-ring (bicyclic) bond motifs is 1. The SMILES string of the molecule is CCCN(CC1CCN(C(=O)OC(N)=O)CC1)C1CCc2cc(OC)ccc2C1. The van der Waals surface area contributed by atoms with Crippen molar-refractivity contribution in [2.75, 3.05) is 33.3 Å². The Morgan fingerprint density at radius 3 is 2.62 bits per heavy atom. The van der Waals surface area contributed by atoms with Gasteiger partial charge in [-0.05, 0) is 74.2 Å². The highest BCUT2D eigenvalue weighted by Gasteiger charge is 2.29. The van der Waals surface area contributed by atoms with Crippen molar-refractivity contribution in [1.29, 1.82) is 0 Å². The number of ether oxygens (including phenoxy) is 2. The molecule has 2 aliphatic rings. The Kier molecular flexibility index (Phi) is 7.36. The molecule has 0 saturated carbocycles. The van der Waals surface area contributed by atoms with E-state index in [2.05, 4.69) is 34.8 Å². The van der Waals surface area contributed by atoms with Crippen molar-refractivity contribution in [1.82, 2.24) is 9.80 Å². The molecular formula is C22H33N3O4. The topological polar surface area (TPSA) is 85.1 Å². The number of piperidine rings is 1. The predicted octanol–water partition coefficient (Wildman–Crippen LogP) is 3.19. The molecule has 1 fully saturated rings. The number of primary amides is 1. The van der Waals surface area contributed by atoms with Gasteiger partial charge in [-0.25, -0.2) is 9.59 Å². The van der Waals surface area contributed by atoms with Gasteiger partial charge < -0.3 is 20.1 Å². The number of methoxy groups -OCH3 is 1. The third kappa shape index (κ3) is 5.63. The van der Waals surface area contributed by atoms with Crippen LogP contribution in [0.15, 0.2) is 18.2 Å². The van der Waals surface area contributed by atoms with Gasteiger partial charge in [0.15, 0.2) is 0 Å². The predicted molar refractivity (Wildman–Crippen MR) is 111 cm³/mol. The lowest BCUT2D eigenvalue weighted by Gasteiger charge is -2.39. The Bertz CT molecular complexity index is 716. The van der Waals surface area contributed by atoms with Crippen molar-refractivity contribution < 1.29 is 19.1 Å². The second kappa shape index (κ2) is 9.96. The molecule has 0 aromatic heterocycles. The molecule has 1 aliphatic heterocycles. The Hall–Kier alpha value is -2.28. The van der Waals surface area contributed by atoms with Crippen molar-refractivity contribution >= 4 is 12.2 Å². The lowest BCUT2D eigenvalue weighted by atomic mass is 9.86. The van der Waals surface area contributed by atoms with Gasteiger partial charge >= 0.3 is 12.2 Å². The van der Waals surface area contributed by atoms with Crippen LogP contribution >= 0.6 is 0 Å². The standard InChI is InChI=1S/C22H33N3O4/c1-3-10-25(15-16-8-11-24(12-9-16)22(27)29-21(23)26)19-6-4-18-14-20(28-2)7-5-17(18)13-19/h5,7,14,16,19H,3-4,6,8-13,15H2,1-2H3,(H2,23,26). The molecule has 0 spiro atoms. The van der Waals surface area contributed by atoms with Crippen LogP contribution in [0.25, 0.3) is 0 Å². The van der Waals surface area contributed by atoms with E-state index in [1.165, 1.54) is 17.5 Å². The molecule has 2 N–H and O–H groups in total. The first-order valence-electron chi connectivity index (χ1n) is 10.7. The van der Waals surface area contributed by atoms with Gasteiger partial charge in [0.2, 0.25) is 0 Å². The summed E-state index contributed by atoms with van der Waals surface area (Å²) >= 11 is 0. The lowest BCUT2D eigenvalue weighted by molar-refractivity contribution is 0.0906. The Labute approximate surface area is 173 Å². The van der Waals surface area contributed by atoms with E-state index in [-0.39, 0.29) is 0 Å².